The number of esters is 1. The van der Waals surface area contributed by atoms with Crippen molar-refractivity contribution in [2.75, 3.05) is 6.61 Å². The molecule has 1 rings (SSSR count). The van der Waals surface area contributed by atoms with Crippen LogP contribution in [0.1, 0.15) is 37.6 Å². The number of nitrogens with zero attached hydrogens (tertiary/aromatic N) is 1. The summed E-state index contributed by atoms with van der Waals surface area (Å²) in [4.78, 5) is 23.7. The van der Waals surface area contributed by atoms with Gasteiger partial charge in [0, 0.05) is 15.7 Å². The molecule has 0 saturated heterocycles. The average molecular weight is 355 g/mol. The van der Waals surface area contributed by atoms with E-state index >= 15 is 0 Å². The van der Waals surface area contributed by atoms with E-state index in [4.69, 9.17) is 4.74 Å². The van der Waals surface area contributed by atoms with E-state index in [1.807, 2.05) is 13.0 Å². The predicted octanol–water partition coefficient (Wildman–Crippen LogP) is 3.14. The van der Waals surface area contributed by atoms with Crippen molar-refractivity contribution in [2.45, 2.75) is 27.2 Å². The second-order valence-corrected chi connectivity index (χ2v) is 5.33. The van der Waals surface area contributed by atoms with Crippen LogP contribution in [0, 0.1) is 5.92 Å². The van der Waals surface area contributed by atoms with Gasteiger partial charge in [-0.15, -0.1) is 0 Å². The molecule has 0 heterocycles. The molecule has 1 N–H and O–H groups in total. The molecule has 0 aliphatic carbocycles. The van der Waals surface area contributed by atoms with Crippen LogP contribution in [0.25, 0.3) is 0 Å². The van der Waals surface area contributed by atoms with E-state index < -0.39 is 5.92 Å². The number of hydrogen-bond donors (Lipinski definition) is 1. The van der Waals surface area contributed by atoms with Crippen molar-refractivity contribution in [3.05, 3.63) is 34.3 Å². The first-order chi connectivity index (χ1) is 9.99. The molecule has 1 aromatic rings. The maximum Gasteiger partial charge on any atom is 0.314 e. The molecule has 0 unspecified atom stereocenters. The first-order valence-corrected chi connectivity index (χ1v) is 7.55. The first-order valence-electron chi connectivity index (χ1n) is 6.76. The van der Waals surface area contributed by atoms with E-state index in [1.54, 1.807) is 32.0 Å². The van der Waals surface area contributed by atoms with Gasteiger partial charge in [-0.3, -0.25) is 9.59 Å². The van der Waals surface area contributed by atoms with Crippen molar-refractivity contribution in [3.63, 3.8) is 0 Å². The molecular weight excluding hydrogens is 336 g/mol. The van der Waals surface area contributed by atoms with Gasteiger partial charge in [0.15, 0.2) is 0 Å². The zero-order chi connectivity index (χ0) is 15.8. The molecule has 0 saturated carbocycles. The second kappa shape index (κ2) is 8.56. The lowest BCUT2D eigenvalue weighted by Crippen LogP contribution is -2.27. The molecule has 0 aromatic heterocycles. The van der Waals surface area contributed by atoms with Crippen LogP contribution in [0.15, 0.2) is 33.8 Å². The third-order valence-corrected chi connectivity index (χ3v) is 3.40. The SMILES string of the molecule is CCOC(=O)[C@@H](CC)/C(C)=N/NC(=O)c1cccc(Br)c1. The minimum absolute atomic E-state index is 0.321. The molecule has 0 fully saturated rings. The van der Waals surface area contributed by atoms with Crippen molar-refractivity contribution >= 4 is 33.5 Å². The standard InChI is InChI=1S/C15H19BrN2O3/c1-4-13(15(20)21-5-2)10(3)17-18-14(19)11-7-6-8-12(16)9-11/h6-9,13H,4-5H2,1-3H3,(H,18,19)/b17-10+/t13-/m0/s1. The van der Waals surface area contributed by atoms with Gasteiger partial charge in [-0.2, -0.15) is 5.10 Å². The summed E-state index contributed by atoms with van der Waals surface area (Å²) in [7, 11) is 0. The summed E-state index contributed by atoms with van der Waals surface area (Å²) >= 11 is 3.30. The Morgan fingerprint density at radius 3 is 2.67 bits per heavy atom. The number of benzene rings is 1. The molecule has 1 atom stereocenters. The molecule has 0 bridgehead atoms. The Hall–Kier alpha value is -1.69. The summed E-state index contributed by atoms with van der Waals surface area (Å²) in [6.45, 7) is 5.65. The van der Waals surface area contributed by atoms with E-state index in [0.29, 0.717) is 24.3 Å². The van der Waals surface area contributed by atoms with Crippen LogP contribution < -0.4 is 5.43 Å². The van der Waals surface area contributed by atoms with Gasteiger partial charge < -0.3 is 4.74 Å². The Morgan fingerprint density at radius 2 is 2.10 bits per heavy atom. The van der Waals surface area contributed by atoms with Gasteiger partial charge in [-0.1, -0.05) is 28.9 Å². The summed E-state index contributed by atoms with van der Waals surface area (Å²) in [5, 5.41) is 4.01. The molecule has 1 aromatic carbocycles. The number of rotatable bonds is 6. The fourth-order valence-electron chi connectivity index (χ4n) is 1.79. The van der Waals surface area contributed by atoms with E-state index in [-0.39, 0.29) is 11.9 Å². The number of hydrogen-bond acceptors (Lipinski definition) is 4. The van der Waals surface area contributed by atoms with Gasteiger partial charge in [-0.25, -0.2) is 5.43 Å². The van der Waals surface area contributed by atoms with Crippen LogP contribution in [0.2, 0.25) is 0 Å². The van der Waals surface area contributed by atoms with E-state index in [9.17, 15) is 9.59 Å². The molecule has 114 valence electrons. The Labute approximate surface area is 132 Å². The molecule has 0 aliphatic heterocycles. The smallest absolute Gasteiger partial charge is 0.314 e. The van der Waals surface area contributed by atoms with Crippen LogP contribution in [0.5, 0.6) is 0 Å². The molecule has 5 nitrogen and oxygen atoms in total. The fraction of sp³-hybridized carbons (Fsp3) is 0.400. The first kappa shape index (κ1) is 17.4. The van der Waals surface area contributed by atoms with Crippen molar-refractivity contribution in [1.29, 1.82) is 0 Å². The zero-order valence-electron chi connectivity index (χ0n) is 12.4. The van der Waals surface area contributed by atoms with Crippen LogP contribution in [0.4, 0.5) is 0 Å². The quantitative estimate of drug-likeness (QED) is 0.484. The maximum atomic E-state index is 12.0. The lowest BCUT2D eigenvalue weighted by molar-refractivity contribution is -0.145. The van der Waals surface area contributed by atoms with Crippen LogP contribution >= 0.6 is 15.9 Å². The minimum atomic E-state index is -0.437. The third kappa shape index (κ3) is 5.30. The van der Waals surface area contributed by atoms with Gasteiger partial charge in [-0.05, 0) is 38.5 Å². The number of ether oxygens (including phenoxy) is 1. The fourth-order valence-corrected chi connectivity index (χ4v) is 2.19. The van der Waals surface area contributed by atoms with E-state index in [2.05, 4.69) is 26.5 Å². The molecule has 1 amide bonds. The normalized spacial score (nSPS) is 12.7. The molecule has 0 spiro atoms. The molecule has 21 heavy (non-hydrogen) atoms. The monoisotopic (exact) mass is 354 g/mol. The summed E-state index contributed by atoms with van der Waals surface area (Å²) in [6, 6.07) is 6.98. The zero-order valence-corrected chi connectivity index (χ0v) is 13.9. The number of halogens is 1. The van der Waals surface area contributed by atoms with Crippen molar-refractivity contribution in [1.82, 2.24) is 5.43 Å². The number of amides is 1. The van der Waals surface area contributed by atoms with Gasteiger partial charge in [0.2, 0.25) is 0 Å². The van der Waals surface area contributed by atoms with Crippen molar-refractivity contribution < 1.29 is 14.3 Å². The summed E-state index contributed by atoms with van der Waals surface area (Å²) in [6.07, 6.45) is 0.570. The summed E-state index contributed by atoms with van der Waals surface area (Å²) in [5.41, 5.74) is 3.48. The maximum absolute atomic E-state index is 12.0. The lowest BCUT2D eigenvalue weighted by atomic mass is 10.0. The van der Waals surface area contributed by atoms with Crippen LogP contribution in [-0.4, -0.2) is 24.2 Å². The van der Waals surface area contributed by atoms with Crippen molar-refractivity contribution in [2.24, 2.45) is 11.0 Å². The van der Waals surface area contributed by atoms with E-state index in [1.165, 1.54) is 0 Å². The Kier molecular flexibility index (Phi) is 7.08. The Balaban J connectivity index is 2.74. The number of carbonyl (C=O) groups excluding carboxylic acids is 2. The largest absolute Gasteiger partial charge is 0.465 e. The predicted molar refractivity (Wildman–Crippen MR) is 85.1 cm³/mol. The van der Waals surface area contributed by atoms with Gasteiger partial charge in [0.1, 0.15) is 0 Å². The molecular formula is C15H19BrN2O3. The van der Waals surface area contributed by atoms with Crippen LogP contribution in [-0.2, 0) is 9.53 Å². The van der Waals surface area contributed by atoms with Crippen LogP contribution in [0.3, 0.4) is 0 Å². The highest BCUT2D eigenvalue weighted by Gasteiger charge is 2.21. The Bertz CT molecular complexity index is 543. The number of hydrazone groups is 1. The third-order valence-electron chi connectivity index (χ3n) is 2.90. The highest BCUT2D eigenvalue weighted by atomic mass is 79.9. The van der Waals surface area contributed by atoms with Gasteiger partial charge in [0.05, 0.1) is 12.5 Å². The minimum Gasteiger partial charge on any atom is -0.465 e. The highest BCUT2D eigenvalue weighted by molar-refractivity contribution is 9.10. The van der Waals surface area contributed by atoms with Gasteiger partial charge >= 0.3 is 5.97 Å². The summed E-state index contributed by atoms with van der Waals surface area (Å²) < 4.78 is 5.80. The lowest BCUT2D eigenvalue weighted by Gasteiger charge is -2.13. The number of carbonyl (C=O) groups is 2. The Morgan fingerprint density at radius 1 is 1.38 bits per heavy atom. The van der Waals surface area contributed by atoms with Crippen molar-refractivity contribution in [3.8, 4) is 0 Å². The average Bonchev–Trinajstić information content (AvgIpc) is 2.45. The topological polar surface area (TPSA) is 67.8 Å². The van der Waals surface area contributed by atoms with Gasteiger partial charge in [0.25, 0.3) is 5.91 Å². The molecule has 0 radical (unpaired) electrons. The molecule has 6 heteroatoms. The highest BCUT2D eigenvalue weighted by Crippen LogP contribution is 2.12. The second-order valence-electron chi connectivity index (χ2n) is 4.42. The number of nitrogens with one attached hydrogen (secondary N) is 1. The summed E-state index contributed by atoms with van der Waals surface area (Å²) in [5.74, 6) is -1.08. The van der Waals surface area contributed by atoms with E-state index in [0.717, 1.165) is 4.47 Å². The molecule has 0 aliphatic rings.